The number of rotatable bonds is 1. The van der Waals surface area contributed by atoms with E-state index in [0.29, 0.717) is 18.9 Å². The maximum Gasteiger partial charge on any atom is 0.276 e. The van der Waals surface area contributed by atoms with Crippen molar-refractivity contribution in [1.82, 2.24) is 9.97 Å². The molecule has 0 saturated carbocycles. The van der Waals surface area contributed by atoms with Gasteiger partial charge in [0.05, 0.1) is 17.8 Å². The first-order valence-corrected chi connectivity index (χ1v) is 6.60. The lowest BCUT2D eigenvalue weighted by Gasteiger charge is -2.27. The molecule has 2 heterocycles. The highest BCUT2D eigenvalue weighted by molar-refractivity contribution is 7.91. The second-order valence-electron chi connectivity index (χ2n) is 3.61. The molecule has 16 heavy (non-hydrogen) atoms. The van der Waals surface area contributed by atoms with Crippen LogP contribution in [-0.4, -0.2) is 43.0 Å². The maximum absolute atomic E-state index is 11.2. The molecule has 0 bridgehead atoms. The highest BCUT2D eigenvalue weighted by Crippen LogP contribution is 2.17. The second-order valence-corrected chi connectivity index (χ2v) is 5.91. The first-order chi connectivity index (χ1) is 7.49. The Morgan fingerprint density at radius 2 is 2.00 bits per heavy atom. The Bertz CT molecular complexity index is 537. The maximum atomic E-state index is 11.2. The van der Waals surface area contributed by atoms with Gasteiger partial charge in [-0.15, -0.1) is 0 Å². The SMILES string of the molecule is Nc1c(N2CCS(=O)(=O)CC2)nc[nH]c1=O. The Hall–Kier alpha value is -1.57. The Balaban J connectivity index is 2.27. The van der Waals surface area contributed by atoms with Crippen LogP contribution in [0.5, 0.6) is 0 Å². The van der Waals surface area contributed by atoms with Crippen LogP contribution in [0.25, 0.3) is 0 Å². The molecular weight excluding hydrogens is 232 g/mol. The monoisotopic (exact) mass is 244 g/mol. The molecule has 1 aromatic heterocycles. The zero-order chi connectivity index (χ0) is 11.8. The quantitative estimate of drug-likeness (QED) is 0.628. The first-order valence-electron chi connectivity index (χ1n) is 4.78. The molecule has 7 nitrogen and oxygen atoms in total. The third kappa shape index (κ3) is 2.01. The van der Waals surface area contributed by atoms with E-state index in [9.17, 15) is 13.2 Å². The van der Waals surface area contributed by atoms with Crippen molar-refractivity contribution in [2.45, 2.75) is 0 Å². The average molecular weight is 244 g/mol. The van der Waals surface area contributed by atoms with Crippen LogP contribution in [0.2, 0.25) is 0 Å². The van der Waals surface area contributed by atoms with E-state index in [0.717, 1.165) is 0 Å². The van der Waals surface area contributed by atoms with Crippen molar-refractivity contribution in [3.63, 3.8) is 0 Å². The molecule has 0 aromatic carbocycles. The van der Waals surface area contributed by atoms with Crippen LogP contribution < -0.4 is 16.2 Å². The Morgan fingerprint density at radius 3 is 2.62 bits per heavy atom. The van der Waals surface area contributed by atoms with Crippen LogP contribution >= 0.6 is 0 Å². The van der Waals surface area contributed by atoms with Gasteiger partial charge in [-0.3, -0.25) is 4.79 Å². The molecule has 0 unspecified atom stereocenters. The molecule has 2 rings (SSSR count). The fourth-order valence-corrected chi connectivity index (χ4v) is 2.78. The van der Waals surface area contributed by atoms with Gasteiger partial charge in [0, 0.05) is 13.1 Å². The summed E-state index contributed by atoms with van der Waals surface area (Å²) in [5.74, 6) is 0.501. The number of aromatic amines is 1. The summed E-state index contributed by atoms with van der Waals surface area (Å²) in [5.41, 5.74) is 5.21. The zero-order valence-electron chi connectivity index (χ0n) is 8.51. The molecule has 1 saturated heterocycles. The van der Waals surface area contributed by atoms with E-state index in [1.807, 2.05) is 0 Å². The number of nitrogens with zero attached hydrogens (tertiary/aromatic N) is 2. The van der Waals surface area contributed by atoms with Gasteiger partial charge < -0.3 is 15.6 Å². The van der Waals surface area contributed by atoms with E-state index in [-0.39, 0.29) is 17.2 Å². The van der Waals surface area contributed by atoms with Crippen molar-refractivity contribution in [3.05, 3.63) is 16.7 Å². The molecule has 1 fully saturated rings. The highest BCUT2D eigenvalue weighted by Gasteiger charge is 2.24. The average Bonchev–Trinajstić information content (AvgIpc) is 2.23. The minimum Gasteiger partial charge on any atom is -0.391 e. The fourth-order valence-electron chi connectivity index (χ4n) is 1.58. The predicted molar refractivity (Wildman–Crippen MR) is 60.1 cm³/mol. The summed E-state index contributed by atoms with van der Waals surface area (Å²) in [5, 5.41) is 0. The topological polar surface area (TPSA) is 109 Å². The number of nitrogens with two attached hydrogens (primary N) is 1. The molecule has 0 aliphatic carbocycles. The van der Waals surface area contributed by atoms with Crippen LogP contribution in [0.4, 0.5) is 11.5 Å². The summed E-state index contributed by atoms with van der Waals surface area (Å²) < 4.78 is 22.5. The van der Waals surface area contributed by atoms with Crippen molar-refractivity contribution in [1.29, 1.82) is 0 Å². The minimum atomic E-state index is -2.94. The van der Waals surface area contributed by atoms with Gasteiger partial charge in [0.15, 0.2) is 15.7 Å². The molecule has 0 amide bonds. The molecule has 8 heteroatoms. The molecule has 1 aromatic rings. The van der Waals surface area contributed by atoms with Crippen molar-refractivity contribution >= 4 is 21.3 Å². The number of hydrogen-bond donors (Lipinski definition) is 2. The molecular formula is C8H12N4O3S. The normalized spacial score (nSPS) is 19.6. The number of hydrogen-bond acceptors (Lipinski definition) is 6. The third-order valence-electron chi connectivity index (χ3n) is 2.51. The van der Waals surface area contributed by atoms with Gasteiger partial charge in [-0.1, -0.05) is 0 Å². The van der Waals surface area contributed by atoms with Crippen LogP contribution in [-0.2, 0) is 9.84 Å². The van der Waals surface area contributed by atoms with Gasteiger partial charge in [-0.05, 0) is 0 Å². The summed E-state index contributed by atoms with van der Waals surface area (Å²) >= 11 is 0. The zero-order valence-corrected chi connectivity index (χ0v) is 9.33. The lowest BCUT2D eigenvalue weighted by molar-refractivity contribution is 0.586. The highest BCUT2D eigenvalue weighted by atomic mass is 32.2. The van der Waals surface area contributed by atoms with Crippen LogP contribution in [0, 0.1) is 0 Å². The van der Waals surface area contributed by atoms with E-state index >= 15 is 0 Å². The molecule has 1 aliphatic heterocycles. The van der Waals surface area contributed by atoms with Gasteiger partial charge in [-0.2, -0.15) is 0 Å². The first kappa shape index (κ1) is 10.9. The minimum absolute atomic E-state index is 0.0294. The van der Waals surface area contributed by atoms with Crippen LogP contribution in [0.1, 0.15) is 0 Å². The number of aromatic nitrogens is 2. The number of H-pyrrole nitrogens is 1. The van der Waals surface area contributed by atoms with E-state index in [1.54, 1.807) is 4.90 Å². The lowest BCUT2D eigenvalue weighted by atomic mass is 10.4. The van der Waals surface area contributed by atoms with Crippen LogP contribution in [0.3, 0.4) is 0 Å². The number of anilines is 2. The predicted octanol–water partition coefficient (Wildman–Crippen LogP) is -1.41. The molecule has 1 aliphatic rings. The van der Waals surface area contributed by atoms with E-state index in [4.69, 9.17) is 5.73 Å². The Labute approximate surface area is 92.2 Å². The van der Waals surface area contributed by atoms with Crippen molar-refractivity contribution < 1.29 is 8.42 Å². The van der Waals surface area contributed by atoms with E-state index in [2.05, 4.69) is 9.97 Å². The van der Waals surface area contributed by atoms with Gasteiger partial charge in [0.1, 0.15) is 5.69 Å². The van der Waals surface area contributed by atoms with Crippen molar-refractivity contribution in [3.8, 4) is 0 Å². The molecule has 0 atom stereocenters. The van der Waals surface area contributed by atoms with Gasteiger partial charge >= 0.3 is 0 Å². The van der Waals surface area contributed by atoms with Crippen molar-refractivity contribution in [2.24, 2.45) is 0 Å². The smallest absolute Gasteiger partial charge is 0.276 e. The number of sulfone groups is 1. The third-order valence-corrected chi connectivity index (χ3v) is 4.12. The summed E-state index contributed by atoms with van der Waals surface area (Å²) in [4.78, 5) is 19.3. The van der Waals surface area contributed by atoms with Crippen molar-refractivity contribution in [2.75, 3.05) is 35.2 Å². The molecule has 0 radical (unpaired) electrons. The van der Waals surface area contributed by atoms with E-state index in [1.165, 1.54) is 6.33 Å². The summed E-state index contributed by atoms with van der Waals surface area (Å²) in [6, 6.07) is 0. The van der Waals surface area contributed by atoms with Gasteiger partial charge in [0.25, 0.3) is 5.56 Å². The number of nitrogens with one attached hydrogen (secondary N) is 1. The lowest BCUT2D eigenvalue weighted by Crippen LogP contribution is -2.41. The van der Waals surface area contributed by atoms with Crippen LogP contribution in [0.15, 0.2) is 11.1 Å². The van der Waals surface area contributed by atoms with Gasteiger partial charge in [-0.25, -0.2) is 13.4 Å². The summed E-state index contributed by atoms with van der Waals surface area (Å²) in [6.45, 7) is 0.645. The largest absolute Gasteiger partial charge is 0.391 e. The second kappa shape index (κ2) is 3.78. The Morgan fingerprint density at radius 1 is 1.38 bits per heavy atom. The number of nitrogen functional groups attached to an aromatic ring is 1. The standard InChI is InChI=1S/C8H12N4O3S/c9-6-7(10-5-11-8(6)13)12-1-3-16(14,15)4-2-12/h5H,1-4,9H2,(H,10,11,13). The summed E-state index contributed by atoms with van der Waals surface area (Å²) in [7, 11) is -2.94. The Kier molecular flexibility index (Phi) is 2.58. The summed E-state index contributed by atoms with van der Waals surface area (Å²) in [6.07, 6.45) is 1.26. The van der Waals surface area contributed by atoms with E-state index < -0.39 is 15.4 Å². The molecule has 88 valence electrons. The molecule has 3 N–H and O–H groups in total. The molecule has 0 spiro atoms. The van der Waals surface area contributed by atoms with Gasteiger partial charge in [0.2, 0.25) is 0 Å². The fraction of sp³-hybridized carbons (Fsp3) is 0.500.